The van der Waals surface area contributed by atoms with Gasteiger partial charge in [-0.3, -0.25) is 0 Å². The fraction of sp³-hybridized carbons (Fsp3) is 0.833. The minimum absolute atomic E-state index is 0. The van der Waals surface area contributed by atoms with Gasteiger partial charge in [0.25, 0.3) is 0 Å². The molecule has 0 saturated heterocycles. The van der Waals surface area contributed by atoms with Gasteiger partial charge in [0.2, 0.25) is 0 Å². The number of hydrogen-bond donors (Lipinski definition) is 0. The molecular weight excluding hydrogens is 176 g/mol. The Hall–Kier alpha value is 1.25. The first-order valence-corrected chi connectivity index (χ1v) is 2.55. The average Bonchev–Trinajstić information content (AvgIpc) is 1.35. The molecule has 0 aromatic heterocycles. The van der Waals surface area contributed by atoms with Gasteiger partial charge in [0.05, 0.1) is 0 Å². The smallest absolute Gasteiger partial charge is 1.00 e. The third kappa shape index (κ3) is 15.7. The van der Waals surface area contributed by atoms with E-state index in [9.17, 15) is 0 Å². The van der Waals surface area contributed by atoms with E-state index in [1.165, 1.54) is 6.42 Å². The van der Waals surface area contributed by atoms with Crippen LogP contribution in [0.2, 0.25) is 0 Å². The molecule has 0 bridgehead atoms. The summed E-state index contributed by atoms with van der Waals surface area (Å²) < 4.78 is 0. The van der Waals surface area contributed by atoms with Crippen LogP contribution in [0.1, 0.15) is 27.2 Å². The van der Waals surface area contributed by atoms with Gasteiger partial charge in [-0.25, -0.2) is 0 Å². The van der Waals surface area contributed by atoms with E-state index in [0.717, 1.165) is 5.92 Å². The van der Waals surface area contributed by atoms with Crippen molar-refractivity contribution in [1.82, 2.24) is 0 Å². The van der Waals surface area contributed by atoms with E-state index >= 15 is 0 Å². The first kappa shape index (κ1) is 16.1. The number of hydrogen-bond acceptors (Lipinski definition) is 0. The number of halogens is 1. The van der Waals surface area contributed by atoms with Crippen molar-refractivity contribution in [2.75, 3.05) is 0 Å². The van der Waals surface area contributed by atoms with Crippen molar-refractivity contribution < 1.29 is 17.0 Å². The Morgan fingerprint density at radius 1 is 1.38 bits per heavy atom. The van der Waals surface area contributed by atoms with E-state index < -0.39 is 0 Å². The number of rotatable bonds is 2. The molecule has 2 heteroatoms. The van der Waals surface area contributed by atoms with E-state index in [-0.39, 0.29) is 40.0 Å². The normalized spacial score (nSPS) is 7.50. The summed E-state index contributed by atoms with van der Waals surface area (Å²) in [5.74, 6) is 0.843. The molecule has 0 saturated carbocycles. The minimum atomic E-state index is 0. The van der Waals surface area contributed by atoms with Gasteiger partial charge in [0.1, 0.15) is 0 Å². The molecule has 0 aliphatic rings. The average molecular weight is 189 g/mol. The van der Waals surface area contributed by atoms with Crippen molar-refractivity contribution in [2.24, 2.45) is 5.92 Å². The van der Waals surface area contributed by atoms with Crippen LogP contribution < -0.4 is 17.0 Å². The molecule has 0 unspecified atom stereocenters. The molecule has 0 aromatic rings. The van der Waals surface area contributed by atoms with Gasteiger partial charge >= 0.3 is 23.1 Å². The topological polar surface area (TPSA) is 0 Å². The Balaban J connectivity index is -0.000000125. The summed E-state index contributed by atoms with van der Waals surface area (Å²) in [5, 5.41) is 0. The molecule has 0 aliphatic heterocycles. The van der Waals surface area contributed by atoms with Crippen LogP contribution >= 0.6 is 0 Å². The predicted octanol–water partition coefficient (Wildman–Crippen LogP) is -1.12. The van der Waals surface area contributed by atoms with Gasteiger partial charge in [-0.1, -0.05) is 19.8 Å². The molecule has 0 aromatic carbocycles. The monoisotopic (exact) mass is 188 g/mol. The van der Waals surface area contributed by atoms with Crippen LogP contribution in [0.4, 0.5) is 0 Å². The fourth-order valence-corrected chi connectivity index (χ4v) is 0.471. The first-order valence-electron chi connectivity index (χ1n) is 2.55. The summed E-state index contributed by atoms with van der Waals surface area (Å²) >= 11 is 0. The third-order valence-corrected chi connectivity index (χ3v) is 0.707. The Morgan fingerprint density at radius 3 is 1.75 bits per heavy atom. The largest absolute Gasteiger partial charge is 2.00 e. The van der Waals surface area contributed by atoms with Gasteiger partial charge < -0.3 is 23.4 Å². The third-order valence-electron chi connectivity index (χ3n) is 0.707. The molecular formula is C6H13BrMg. The van der Waals surface area contributed by atoms with E-state index in [0.29, 0.717) is 0 Å². The molecule has 0 spiro atoms. The Morgan fingerprint density at radius 2 is 1.75 bits per heavy atom. The zero-order chi connectivity index (χ0) is 4.99. The first-order chi connectivity index (χ1) is 2.77. The molecule has 0 atom stereocenters. The van der Waals surface area contributed by atoms with Crippen molar-refractivity contribution in [3.63, 3.8) is 0 Å². The summed E-state index contributed by atoms with van der Waals surface area (Å²) in [6.07, 6.45) is 3.45. The maximum absolute atomic E-state index is 2.22. The molecule has 0 radical (unpaired) electrons. The summed E-state index contributed by atoms with van der Waals surface area (Å²) in [5.41, 5.74) is 0. The van der Waals surface area contributed by atoms with Crippen LogP contribution in [0.25, 0.3) is 0 Å². The molecule has 46 valence electrons. The predicted molar refractivity (Wildman–Crippen MR) is 35.2 cm³/mol. The molecule has 0 aliphatic carbocycles. The van der Waals surface area contributed by atoms with E-state index in [4.69, 9.17) is 0 Å². The summed E-state index contributed by atoms with van der Waals surface area (Å²) in [7, 11) is 0. The van der Waals surface area contributed by atoms with Crippen LogP contribution in [0, 0.1) is 12.3 Å². The van der Waals surface area contributed by atoms with Crippen molar-refractivity contribution in [3.8, 4) is 0 Å². The molecule has 0 fully saturated rings. The molecule has 8 heavy (non-hydrogen) atoms. The maximum Gasteiger partial charge on any atom is 2.00 e. The molecule has 0 amide bonds. The Kier molecular flexibility index (Phi) is 22.4. The van der Waals surface area contributed by atoms with E-state index in [2.05, 4.69) is 27.2 Å². The van der Waals surface area contributed by atoms with Gasteiger partial charge in [-0.15, -0.1) is 0 Å². The zero-order valence-corrected chi connectivity index (χ0v) is 8.95. The summed E-state index contributed by atoms with van der Waals surface area (Å²) in [4.78, 5) is 0. The van der Waals surface area contributed by atoms with Crippen molar-refractivity contribution in [2.45, 2.75) is 27.2 Å². The van der Waals surface area contributed by atoms with Crippen molar-refractivity contribution in [1.29, 1.82) is 0 Å². The summed E-state index contributed by atoms with van der Waals surface area (Å²) in [6, 6.07) is 0. The fourth-order valence-electron chi connectivity index (χ4n) is 0.471. The molecule has 0 heterocycles. The second kappa shape index (κ2) is 11.1. The van der Waals surface area contributed by atoms with Gasteiger partial charge in [0, 0.05) is 0 Å². The van der Waals surface area contributed by atoms with Gasteiger partial charge in [-0.05, 0) is 0 Å². The maximum atomic E-state index is 2.22. The standard InChI is InChI=1S/C6H13.BrH.Mg/c1-4-5-6(2)3;;/h4,6H,5H2,1-3H3;1H;/q-1;;+2/p-1. The minimum Gasteiger partial charge on any atom is -1.00 e. The van der Waals surface area contributed by atoms with Gasteiger partial charge in [0.15, 0.2) is 0 Å². The van der Waals surface area contributed by atoms with E-state index in [1.807, 2.05) is 0 Å². The quantitative estimate of drug-likeness (QED) is 0.381. The second-order valence-electron chi connectivity index (χ2n) is 2.04. The van der Waals surface area contributed by atoms with Crippen LogP contribution in [-0.4, -0.2) is 23.1 Å². The van der Waals surface area contributed by atoms with Crippen molar-refractivity contribution in [3.05, 3.63) is 6.42 Å². The summed E-state index contributed by atoms with van der Waals surface area (Å²) in [6.45, 7) is 6.54. The SMILES string of the molecule is C[CH-]CC(C)C.[Br-].[Mg+2]. The van der Waals surface area contributed by atoms with E-state index in [1.54, 1.807) is 0 Å². The Labute approximate surface area is 79.3 Å². The second-order valence-corrected chi connectivity index (χ2v) is 2.04. The zero-order valence-electron chi connectivity index (χ0n) is 5.95. The van der Waals surface area contributed by atoms with Crippen LogP contribution in [0.15, 0.2) is 0 Å². The molecule has 0 N–H and O–H groups in total. The van der Waals surface area contributed by atoms with Crippen LogP contribution in [0.5, 0.6) is 0 Å². The van der Waals surface area contributed by atoms with Crippen molar-refractivity contribution >= 4 is 23.1 Å². The Bertz CT molecular complexity index is 29.7. The van der Waals surface area contributed by atoms with Crippen LogP contribution in [-0.2, 0) is 0 Å². The van der Waals surface area contributed by atoms with Gasteiger partial charge in [-0.2, -0.15) is 13.3 Å². The molecule has 0 nitrogen and oxygen atoms in total. The van der Waals surface area contributed by atoms with Crippen LogP contribution in [0.3, 0.4) is 0 Å². The molecule has 0 rings (SSSR count).